The van der Waals surface area contributed by atoms with E-state index in [4.69, 9.17) is 17.3 Å². The molecular formula is C10H11ClF2N2O2. The van der Waals surface area contributed by atoms with E-state index in [-0.39, 0.29) is 34.8 Å². The van der Waals surface area contributed by atoms with Crippen LogP contribution in [0.15, 0.2) is 6.20 Å². The molecule has 1 rings (SSSR count). The van der Waals surface area contributed by atoms with E-state index in [1.54, 1.807) is 0 Å². The van der Waals surface area contributed by atoms with Crippen LogP contribution in [0.1, 0.15) is 23.1 Å². The minimum absolute atomic E-state index is 0.0310. The first-order chi connectivity index (χ1) is 8.01. The fraction of sp³-hybridized carbons (Fsp3) is 0.400. The van der Waals surface area contributed by atoms with Crippen molar-refractivity contribution in [2.24, 2.45) is 5.73 Å². The maximum atomic E-state index is 12.9. The van der Waals surface area contributed by atoms with E-state index in [1.165, 1.54) is 13.3 Å². The smallest absolute Gasteiger partial charge is 0.310 e. The number of aromatic nitrogens is 1. The largest absolute Gasteiger partial charge is 0.469 e. The number of hydrogen-bond donors (Lipinski definition) is 1. The summed E-state index contributed by atoms with van der Waals surface area (Å²) in [6.45, 7) is -0.0992. The van der Waals surface area contributed by atoms with Gasteiger partial charge in [-0.15, -0.1) is 0 Å². The Morgan fingerprint density at radius 1 is 1.65 bits per heavy atom. The van der Waals surface area contributed by atoms with E-state index < -0.39 is 12.4 Å². The van der Waals surface area contributed by atoms with Crippen LogP contribution in [0.2, 0.25) is 5.15 Å². The van der Waals surface area contributed by atoms with Crippen LogP contribution >= 0.6 is 11.6 Å². The minimum atomic E-state index is -2.77. The van der Waals surface area contributed by atoms with Crippen LogP contribution in [0.25, 0.3) is 0 Å². The molecule has 0 bridgehead atoms. The van der Waals surface area contributed by atoms with Crippen molar-refractivity contribution in [2.45, 2.75) is 19.4 Å². The second-order valence-electron chi connectivity index (χ2n) is 3.22. The lowest BCUT2D eigenvalue weighted by Crippen LogP contribution is -2.12. The van der Waals surface area contributed by atoms with Crippen molar-refractivity contribution in [1.82, 2.24) is 4.98 Å². The highest BCUT2D eigenvalue weighted by Gasteiger charge is 2.22. The first kappa shape index (κ1) is 13.8. The molecule has 4 nitrogen and oxygen atoms in total. The molecule has 0 radical (unpaired) electrons. The van der Waals surface area contributed by atoms with Gasteiger partial charge in [-0.2, -0.15) is 0 Å². The topological polar surface area (TPSA) is 65.2 Å². The Bertz CT molecular complexity index is 427. The van der Waals surface area contributed by atoms with E-state index >= 15 is 0 Å². The zero-order valence-corrected chi connectivity index (χ0v) is 9.80. The van der Waals surface area contributed by atoms with Gasteiger partial charge in [0.05, 0.1) is 13.5 Å². The monoisotopic (exact) mass is 264 g/mol. The number of halogens is 3. The zero-order chi connectivity index (χ0) is 13.0. The van der Waals surface area contributed by atoms with Crippen LogP contribution in [-0.2, 0) is 22.5 Å². The van der Waals surface area contributed by atoms with Gasteiger partial charge in [-0.3, -0.25) is 4.79 Å². The van der Waals surface area contributed by atoms with E-state index in [9.17, 15) is 13.6 Å². The summed E-state index contributed by atoms with van der Waals surface area (Å²) in [6, 6.07) is 0. The number of rotatable bonds is 4. The van der Waals surface area contributed by atoms with Crippen molar-refractivity contribution < 1.29 is 18.3 Å². The fourth-order valence-electron chi connectivity index (χ4n) is 1.41. The van der Waals surface area contributed by atoms with Gasteiger partial charge in [-0.05, 0) is 5.56 Å². The first-order valence-corrected chi connectivity index (χ1v) is 5.10. The number of ether oxygens (including phenoxy) is 1. The van der Waals surface area contributed by atoms with Crippen LogP contribution in [0.5, 0.6) is 0 Å². The predicted molar refractivity (Wildman–Crippen MR) is 57.8 cm³/mol. The Kier molecular flexibility index (Phi) is 4.77. The molecule has 17 heavy (non-hydrogen) atoms. The molecule has 0 amide bonds. The van der Waals surface area contributed by atoms with Crippen LogP contribution in [0.3, 0.4) is 0 Å². The second kappa shape index (κ2) is 5.88. The fourth-order valence-corrected chi connectivity index (χ4v) is 1.62. The highest BCUT2D eigenvalue weighted by molar-refractivity contribution is 6.30. The molecule has 0 spiro atoms. The molecule has 94 valence electrons. The Balaban J connectivity index is 3.28. The number of carbonyl (C=O) groups excluding carboxylic acids is 1. The predicted octanol–water partition coefficient (Wildman–Crippen LogP) is 1.85. The van der Waals surface area contributed by atoms with Crippen LogP contribution in [0, 0.1) is 0 Å². The average Bonchev–Trinajstić information content (AvgIpc) is 2.30. The quantitative estimate of drug-likeness (QED) is 0.666. The maximum absolute atomic E-state index is 12.9. The summed E-state index contributed by atoms with van der Waals surface area (Å²) >= 11 is 5.71. The molecule has 1 heterocycles. The molecular weight excluding hydrogens is 254 g/mol. The maximum Gasteiger partial charge on any atom is 0.310 e. The van der Waals surface area contributed by atoms with Crippen LogP contribution < -0.4 is 5.73 Å². The normalized spacial score (nSPS) is 10.7. The van der Waals surface area contributed by atoms with Gasteiger partial charge in [0.15, 0.2) is 0 Å². The van der Waals surface area contributed by atoms with Crippen molar-refractivity contribution in [3.8, 4) is 0 Å². The lowest BCUT2D eigenvalue weighted by atomic mass is 10.0. The molecule has 1 aromatic rings. The van der Waals surface area contributed by atoms with Gasteiger partial charge in [0.2, 0.25) is 0 Å². The summed E-state index contributed by atoms with van der Waals surface area (Å²) in [7, 11) is 1.17. The summed E-state index contributed by atoms with van der Waals surface area (Å²) < 4.78 is 30.2. The molecule has 1 aromatic heterocycles. The Morgan fingerprint density at radius 3 is 2.76 bits per heavy atom. The molecule has 0 saturated heterocycles. The molecule has 0 saturated carbocycles. The van der Waals surface area contributed by atoms with Crippen LogP contribution in [-0.4, -0.2) is 18.1 Å². The van der Waals surface area contributed by atoms with Crippen molar-refractivity contribution >= 4 is 17.6 Å². The molecule has 0 unspecified atom stereocenters. The molecule has 2 N–H and O–H groups in total. The van der Waals surface area contributed by atoms with E-state index in [0.29, 0.717) is 0 Å². The van der Waals surface area contributed by atoms with Crippen LogP contribution in [0.4, 0.5) is 8.78 Å². The van der Waals surface area contributed by atoms with Gasteiger partial charge in [0.25, 0.3) is 6.43 Å². The van der Waals surface area contributed by atoms with Gasteiger partial charge < -0.3 is 10.5 Å². The Morgan fingerprint density at radius 2 is 2.29 bits per heavy atom. The summed E-state index contributed by atoms with van der Waals surface area (Å²) in [5.74, 6) is -0.662. The van der Waals surface area contributed by atoms with Gasteiger partial charge >= 0.3 is 5.97 Å². The molecule has 0 aliphatic carbocycles. The lowest BCUT2D eigenvalue weighted by molar-refractivity contribution is -0.139. The van der Waals surface area contributed by atoms with E-state index in [0.717, 1.165) is 0 Å². The van der Waals surface area contributed by atoms with Crippen molar-refractivity contribution in [1.29, 1.82) is 0 Å². The number of esters is 1. The van der Waals surface area contributed by atoms with Crippen molar-refractivity contribution in [3.63, 3.8) is 0 Å². The molecule has 7 heteroatoms. The number of hydrogen-bond acceptors (Lipinski definition) is 4. The van der Waals surface area contributed by atoms with Crippen molar-refractivity contribution in [2.75, 3.05) is 7.11 Å². The third-order valence-corrected chi connectivity index (χ3v) is 2.57. The standard InChI is InChI=1S/C10H11ClF2N2O2/c1-17-7(16)2-6-8(10(12)13)5(3-14)4-15-9(6)11/h4,10H,2-3,14H2,1H3. The molecule has 0 fully saturated rings. The minimum Gasteiger partial charge on any atom is -0.469 e. The number of carbonyl (C=O) groups is 1. The number of methoxy groups -OCH3 is 1. The third-order valence-electron chi connectivity index (χ3n) is 2.24. The highest BCUT2D eigenvalue weighted by atomic mass is 35.5. The summed E-state index contributed by atoms with van der Waals surface area (Å²) in [5, 5.41) is -0.136. The number of alkyl halides is 2. The molecule has 0 atom stereocenters. The third kappa shape index (κ3) is 3.10. The molecule has 0 aromatic carbocycles. The second-order valence-corrected chi connectivity index (χ2v) is 3.58. The highest BCUT2D eigenvalue weighted by Crippen LogP contribution is 2.30. The SMILES string of the molecule is COC(=O)Cc1c(Cl)ncc(CN)c1C(F)F. The number of nitrogens with zero attached hydrogens (tertiary/aromatic N) is 1. The summed E-state index contributed by atoms with van der Waals surface area (Å²) in [5.41, 5.74) is 5.14. The first-order valence-electron chi connectivity index (χ1n) is 4.72. The molecule has 0 aliphatic heterocycles. The molecule has 0 aliphatic rings. The van der Waals surface area contributed by atoms with Gasteiger partial charge in [0, 0.05) is 23.9 Å². The Hall–Kier alpha value is -1.27. The van der Waals surface area contributed by atoms with E-state index in [2.05, 4.69) is 9.72 Å². The number of pyridine rings is 1. The van der Waals surface area contributed by atoms with Gasteiger partial charge in [0.1, 0.15) is 5.15 Å². The summed E-state index contributed by atoms with van der Waals surface area (Å²) in [4.78, 5) is 14.8. The van der Waals surface area contributed by atoms with E-state index in [1.807, 2.05) is 0 Å². The average molecular weight is 265 g/mol. The Labute approximate surface area is 102 Å². The lowest BCUT2D eigenvalue weighted by Gasteiger charge is -2.13. The van der Waals surface area contributed by atoms with Gasteiger partial charge in [-0.1, -0.05) is 11.6 Å². The van der Waals surface area contributed by atoms with Gasteiger partial charge in [-0.25, -0.2) is 13.8 Å². The van der Waals surface area contributed by atoms with Crippen molar-refractivity contribution in [3.05, 3.63) is 28.0 Å². The zero-order valence-electron chi connectivity index (χ0n) is 9.04. The summed E-state index contributed by atoms with van der Waals surface area (Å²) in [6.07, 6.45) is -1.94. The number of nitrogens with two attached hydrogens (primary N) is 1.